The molecule has 1 N–H and O–H groups in total. The molecule has 0 saturated carbocycles. The highest BCUT2D eigenvalue weighted by Gasteiger charge is 2.61. The molecule has 1 aromatic rings. The minimum Gasteiger partial charge on any atom is -0.463 e. The fourth-order valence-corrected chi connectivity index (χ4v) is 9.40. The zero-order valence-electron chi connectivity index (χ0n) is 31.6. The third kappa shape index (κ3) is 11.5. The van der Waals surface area contributed by atoms with Crippen LogP contribution in [-0.4, -0.2) is 137 Å². The number of nitrogens with zero attached hydrogens (tertiary/aromatic N) is 2. The van der Waals surface area contributed by atoms with Crippen molar-refractivity contribution in [3.63, 3.8) is 0 Å². The molecule has 0 spiro atoms. The van der Waals surface area contributed by atoms with Gasteiger partial charge in [-0.05, 0) is 46.6 Å². The SMILES string of the molecule is CN=CC(C)(CCC(=O)NCCOCCSC1CC(=O)N(CCC(=O)OCC2OC3OC(C)(C)OC3C3OC(C)(C)OC23)C1=O)SC(=S)c1ccccc1. The molecule has 3 amide bonds. The number of aliphatic imine (C=N–C) groups is 1. The van der Waals surface area contributed by atoms with E-state index in [0.717, 1.165) is 14.7 Å². The summed E-state index contributed by atoms with van der Waals surface area (Å²) in [7, 11) is 1.71. The summed E-state index contributed by atoms with van der Waals surface area (Å²) in [5, 5.41) is 2.33. The van der Waals surface area contributed by atoms with E-state index in [-0.39, 0.29) is 43.7 Å². The van der Waals surface area contributed by atoms with Gasteiger partial charge < -0.3 is 38.5 Å². The molecule has 4 aliphatic rings. The van der Waals surface area contributed by atoms with Crippen LogP contribution in [0.5, 0.6) is 0 Å². The molecule has 298 valence electrons. The predicted octanol–water partition coefficient (Wildman–Crippen LogP) is 3.66. The first kappa shape index (κ1) is 42.7. The number of nitrogens with one attached hydrogen (secondary N) is 1. The molecule has 5 rings (SSSR count). The van der Waals surface area contributed by atoms with Gasteiger partial charge >= 0.3 is 5.97 Å². The highest BCUT2D eigenvalue weighted by atomic mass is 32.2. The lowest BCUT2D eigenvalue weighted by Gasteiger charge is -2.36. The largest absolute Gasteiger partial charge is 0.463 e. The lowest BCUT2D eigenvalue weighted by atomic mass is 9.99. The van der Waals surface area contributed by atoms with E-state index in [0.29, 0.717) is 38.4 Å². The number of benzene rings is 1. The lowest BCUT2D eigenvalue weighted by molar-refractivity contribution is -0.242. The first-order chi connectivity index (χ1) is 25.6. The van der Waals surface area contributed by atoms with Crippen LogP contribution in [0.4, 0.5) is 0 Å². The zero-order chi connectivity index (χ0) is 39.1. The lowest BCUT2D eigenvalue weighted by Crippen LogP contribution is -2.56. The first-order valence-electron chi connectivity index (χ1n) is 18.1. The highest BCUT2D eigenvalue weighted by molar-refractivity contribution is 8.24. The molecule has 0 bridgehead atoms. The Morgan fingerprint density at radius 2 is 1.74 bits per heavy atom. The number of thiocarbonyl (C=S) groups is 1. The van der Waals surface area contributed by atoms with E-state index < -0.39 is 58.2 Å². The molecule has 4 saturated heterocycles. The van der Waals surface area contributed by atoms with E-state index in [1.54, 1.807) is 34.7 Å². The Kier molecular flexibility index (Phi) is 14.7. The second-order valence-electron chi connectivity index (χ2n) is 14.5. The Morgan fingerprint density at radius 3 is 2.48 bits per heavy atom. The van der Waals surface area contributed by atoms with Gasteiger partial charge in [0.2, 0.25) is 17.7 Å². The van der Waals surface area contributed by atoms with Crippen LogP contribution < -0.4 is 5.32 Å². The van der Waals surface area contributed by atoms with E-state index in [2.05, 4.69) is 10.3 Å². The van der Waals surface area contributed by atoms with Gasteiger partial charge in [-0.3, -0.25) is 29.1 Å². The number of ether oxygens (including phenoxy) is 7. The van der Waals surface area contributed by atoms with Crippen molar-refractivity contribution < 1.29 is 52.3 Å². The number of esters is 1. The average Bonchev–Trinajstić information content (AvgIpc) is 3.72. The maximum Gasteiger partial charge on any atom is 0.307 e. The van der Waals surface area contributed by atoms with E-state index in [9.17, 15) is 19.2 Å². The molecule has 54 heavy (non-hydrogen) atoms. The van der Waals surface area contributed by atoms with Crippen LogP contribution in [0.25, 0.3) is 0 Å². The van der Waals surface area contributed by atoms with E-state index in [4.69, 9.17) is 45.4 Å². The van der Waals surface area contributed by atoms with Gasteiger partial charge in [-0.25, -0.2) is 0 Å². The van der Waals surface area contributed by atoms with Gasteiger partial charge in [0.15, 0.2) is 17.9 Å². The molecule has 14 nitrogen and oxygen atoms in total. The molecule has 7 unspecified atom stereocenters. The molecule has 0 radical (unpaired) electrons. The molecular weight excluding hydrogens is 759 g/mol. The minimum absolute atomic E-state index is 0.0533. The van der Waals surface area contributed by atoms with Crippen LogP contribution in [0.3, 0.4) is 0 Å². The minimum atomic E-state index is -0.882. The monoisotopic (exact) mass is 809 g/mol. The van der Waals surface area contributed by atoms with Crippen LogP contribution in [0.15, 0.2) is 35.3 Å². The van der Waals surface area contributed by atoms with Gasteiger partial charge in [-0.15, -0.1) is 23.5 Å². The number of hydrogen-bond donors (Lipinski definition) is 1. The topological polar surface area (TPSA) is 161 Å². The number of carbonyl (C=O) groups is 4. The third-order valence-corrected chi connectivity index (χ3v) is 12.0. The summed E-state index contributed by atoms with van der Waals surface area (Å²) < 4.78 is 41.6. The van der Waals surface area contributed by atoms with Crippen LogP contribution in [0.1, 0.15) is 65.9 Å². The smallest absolute Gasteiger partial charge is 0.307 e. The van der Waals surface area contributed by atoms with Crippen molar-refractivity contribution in [2.45, 2.75) is 113 Å². The number of thioether (sulfide) groups is 2. The van der Waals surface area contributed by atoms with Crippen molar-refractivity contribution in [1.82, 2.24) is 10.2 Å². The van der Waals surface area contributed by atoms with E-state index in [1.807, 2.05) is 43.5 Å². The molecule has 7 atom stereocenters. The van der Waals surface area contributed by atoms with Gasteiger partial charge in [0, 0.05) is 44.9 Å². The van der Waals surface area contributed by atoms with Crippen molar-refractivity contribution in [3.8, 4) is 0 Å². The summed E-state index contributed by atoms with van der Waals surface area (Å²) in [5.74, 6) is -2.61. The Balaban J connectivity index is 0.941. The fraction of sp³-hybridized carbons (Fsp3) is 0.676. The number of carbonyl (C=O) groups excluding carboxylic acids is 4. The van der Waals surface area contributed by atoms with E-state index in [1.165, 1.54) is 23.5 Å². The molecule has 17 heteroatoms. The number of likely N-dealkylation sites (tertiary alicyclic amines) is 1. The van der Waals surface area contributed by atoms with E-state index >= 15 is 0 Å². The number of amides is 3. The summed E-state index contributed by atoms with van der Waals surface area (Å²) in [4.78, 5) is 56.2. The van der Waals surface area contributed by atoms with Crippen LogP contribution in [-0.2, 0) is 52.3 Å². The second-order valence-corrected chi connectivity index (χ2v) is 18.0. The average molecular weight is 810 g/mol. The van der Waals surface area contributed by atoms with Crippen molar-refractivity contribution in [3.05, 3.63) is 35.9 Å². The standard InChI is InChI=1S/C37H51N3O11S3/c1-35(2)48-29-24(47-33-31(30(29)49-35)50-36(3,4)51-33)21-46-28(43)13-16-40-27(42)20-25(32(40)44)53-19-18-45-17-15-39-26(41)12-14-37(5,22-38-6)54-34(52)23-10-8-7-9-11-23/h7-11,22,24-25,29-31,33H,12-21H2,1-6H3,(H,39,41). The molecule has 4 aliphatic heterocycles. The van der Waals surface area contributed by atoms with Crippen LogP contribution in [0.2, 0.25) is 0 Å². The molecular formula is C37H51N3O11S3. The van der Waals surface area contributed by atoms with Gasteiger partial charge in [0.25, 0.3) is 0 Å². The Hall–Kier alpha value is -2.48. The van der Waals surface area contributed by atoms with Crippen LogP contribution >= 0.6 is 35.7 Å². The first-order valence-corrected chi connectivity index (χ1v) is 20.4. The number of fused-ring (bicyclic) bond motifs is 3. The molecule has 4 heterocycles. The molecule has 0 aliphatic carbocycles. The van der Waals surface area contributed by atoms with Gasteiger partial charge in [-0.2, -0.15) is 0 Å². The Morgan fingerprint density at radius 1 is 1.04 bits per heavy atom. The van der Waals surface area contributed by atoms with Gasteiger partial charge in [-0.1, -0.05) is 42.5 Å². The van der Waals surface area contributed by atoms with Crippen molar-refractivity contribution in [1.29, 1.82) is 0 Å². The summed E-state index contributed by atoms with van der Waals surface area (Å²) in [6.45, 7) is 9.98. The quantitative estimate of drug-likeness (QED) is 0.0753. The number of imide groups is 1. The number of rotatable bonds is 18. The molecule has 4 fully saturated rings. The second kappa shape index (κ2) is 18.6. The third-order valence-electron chi connectivity index (χ3n) is 9.10. The zero-order valence-corrected chi connectivity index (χ0v) is 34.1. The number of hydrogen-bond acceptors (Lipinski definition) is 15. The van der Waals surface area contributed by atoms with Crippen LogP contribution in [0, 0.1) is 0 Å². The maximum absolute atomic E-state index is 13.0. The maximum atomic E-state index is 13.0. The summed E-state index contributed by atoms with van der Waals surface area (Å²) in [6, 6.07) is 9.76. The molecule has 1 aromatic carbocycles. The summed E-state index contributed by atoms with van der Waals surface area (Å²) in [5.41, 5.74) is 0.964. The molecule has 0 aromatic heterocycles. The Bertz CT molecular complexity index is 1550. The highest BCUT2D eigenvalue weighted by Crippen LogP contribution is 2.44. The van der Waals surface area contributed by atoms with Gasteiger partial charge in [0.05, 0.1) is 33.8 Å². The Labute approximate surface area is 330 Å². The van der Waals surface area contributed by atoms with Gasteiger partial charge in [0.1, 0.15) is 31.0 Å². The fourth-order valence-electron chi connectivity index (χ4n) is 6.62. The van der Waals surface area contributed by atoms with Crippen molar-refractivity contribution in [2.24, 2.45) is 4.99 Å². The summed E-state index contributed by atoms with van der Waals surface area (Å²) >= 11 is 8.48. The predicted molar refractivity (Wildman–Crippen MR) is 207 cm³/mol. The normalized spacial score (nSPS) is 28.1. The van der Waals surface area contributed by atoms with Crippen molar-refractivity contribution >= 4 is 69.8 Å². The van der Waals surface area contributed by atoms with Crippen molar-refractivity contribution in [2.75, 3.05) is 45.7 Å². The summed E-state index contributed by atoms with van der Waals surface area (Å²) in [6.07, 6.45) is -0.292.